The van der Waals surface area contributed by atoms with Gasteiger partial charge in [-0.25, -0.2) is 0 Å². The van der Waals surface area contributed by atoms with Crippen molar-refractivity contribution in [2.24, 2.45) is 0 Å². The quantitative estimate of drug-likeness (QED) is 0.577. The highest BCUT2D eigenvalue weighted by molar-refractivity contribution is 6.69. The first-order valence-corrected chi connectivity index (χ1v) is 8.97. The van der Waals surface area contributed by atoms with Crippen molar-refractivity contribution in [3.05, 3.63) is 29.8 Å². The van der Waals surface area contributed by atoms with Gasteiger partial charge in [-0.3, -0.25) is 0 Å². The minimum Gasteiger partial charge on any atom is -0.345 e. The molecule has 86 valence electrons. The van der Waals surface area contributed by atoms with Crippen molar-refractivity contribution in [1.82, 2.24) is 0 Å². The van der Waals surface area contributed by atoms with Crippen LogP contribution in [0.2, 0.25) is 19.6 Å². The summed E-state index contributed by atoms with van der Waals surface area (Å²) in [6.07, 6.45) is 2.09. The maximum Gasteiger partial charge on any atom is 0.336 e. The van der Waals surface area contributed by atoms with Crippen molar-refractivity contribution < 1.29 is 9.27 Å². The Hall–Kier alpha value is -1.29. The lowest BCUT2D eigenvalue weighted by Crippen LogP contribution is -2.40. The highest BCUT2D eigenvalue weighted by Crippen LogP contribution is 2.20. The summed E-state index contributed by atoms with van der Waals surface area (Å²) in [5.74, 6) is 0. The Morgan fingerprint density at radius 3 is 2.62 bits per heavy atom. The normalized spacial score (nSPS) is 15.5. The van der Waals surface area contributed by atoms with Gasteiger partial charge in [-0.15, -0.1) is 0 Å². The lowest BCUT2D eigenvalue weighted by atomic mass is 10.1. The van der Waals surface area contributed by atoms with E-state index >= 15 is 0 Å². The van der Waals surface area contributed by atoms with Gasteiger partial charge in [0.05, 0.1) is 11.3 Å². The molecule has 0 aromatic heterocycles. The van der Waals surface area contributed by atoms with E-state index in [0.717, 1.165) is 6.67 Å². The van der Waals surface area contributed by atoms with Gasteiger partial charge in [-0.2, -0.15) is 0 Å². The van der Waals surface area contributed by atoms with Gasteiger partial charge in [0.1, 0.15) is 0 Å². The summed E-state index contributed by atoms with van der Waals surface area (Å²) in [4.78, 5) is 2.20. The fourth-order valence-corrected chi connectivity index (χ4v) is 2.65. The molecule has 0 fully saturated rings. The number of rotatable bonds is 2. The lowest BCUT2D eigenvalue weighted by Gasteiger charge is -2.24. The van der Waals surface area contributed by atoms with E-state index in [9.17, 15) is 0 Å². The molecule has 2 rings (SSSR count). The van der Waals surface area contributed by atoms with Crippen molar-refractivity contribution in [2.75, 3.05) is 18.6 Å². The zero-order valence-electron chi connectivity index (χ0n) is 10.4. The second-order valence-corrected chi connectivity index (χ2v) is 9.56. The van der Waals surface area contributed by atoms with E-state index in [-0.39, 0.29) is 0 Å². The third-order valence-electron chi connectivity index (χ3n) is 2.37. The topological polar surface area (TPSA) is 15.5 Å². The SMILES string of the molecule is CN1C[N+](O[Si](C)(C)C)=Cc2ccccc21. The zero-order chi connectivity index (χ0) is 11.8. The Morgan fingerprint density at radius 2 is 1.94 bits per heavy atom. The first-order valence-electron chi connectivity index (χ1n) is 5.56. The van der Waals surface area contributed by atoms with Crippen molar-refractivity contribution in [2.45, 2.75) is 19.6 Å². The van der Waals surface area contributed by atoms with Crippen LogP contribution < -0.4 is 4.90 Å². The Bertz CT molecular complexity index is 423. The minimum atomic E-state index is -1.53. The summed E-state index contributed by atoms with van der Waals surface area (Å²) >= 11 is 0. The molecule has 0 atom stereocenters. The van der Waals surface area contributed by atoms with E-state index in [2.05, 4.69) is 62.1 Å². The van der Waals surface area contributed by atoms with Crippen LogP contribution in [0.1, 0.15) is 5.56 Å². The number of benzene rings is 1. The highest BCUT2D eigenvalue weighted by atomic mass is 28.4. The predicted molar refractivity (Wildman–Crippen MR) is 69.6 cm³/mol. The number of nitrogens with zero attached hydrogens (tertiary/aromatic N) is 2. The van der Waals surface area contributed by atoms with Crippen LogP contribution in [0.5, 0.6) is 0 Å². The molecule has 0 amide bonds. The number of hydroxylamine groups is 1. The van der Waals surface area contributed by atoms with Gasteiger partial charge in [0.25, 0.3) is 6.67 Å². The maximum atomic E-state index is 5.98. The third kappa shape index (κ3) is 2.44. The minimum absolute atomic E-state index is 0.793. The Morgan fingerprint density at radius 1 is 1.25 bits per heavy atom. The molecule has 1 aromatic carbocycles. The summed E-state index contributed by atoms with van der Waals surface area (Å²) in [5, 5.41) is 0. The standard InChI is InChI=1S/C12H19N2OSi/c1-13-10-14(15-16(2,3)4)9-11-7-5-6-8-12(11)13/h5-9H,10H2,1-4H3/q+1. The van der Waals surface area contributed by atoms with E-state index in [1.165, 1.54) is 11.3 Å². The average Bonchev–Trinajstić information content (AvgIpc) is 2.15. The van der Waals surface area contributed by atoms with E-state index in [0.29, 0.717) is 0 Å². The molecule has 16 heavy (non-hydrogen) atoms. The van der Waals surface area contributed by atoms with E-state index in [1.54, 1.807) is 0 Å². The van der Waals surface area contributed by atoms with Crippen LogP contribution in [0.15, 0.2) is 24.3 Å². The molecule has 1 heterocycles. The molecular weight excluding hydrogens is 216 g/mol. The summed E-state index contributed by atoms with van der Waals surface area (Å²) in [6.45, 7) is 7.38. The van der Waals surface area contributed by atoms with Crippen LogP contribution in [0, 0.1) is 0 Å². The first kappa shape index (κ1) is 11.2. The number of hydrogen-bond donors (Lipinski definition) is 0. The largest absolute Gasteiger partial charge is 0.345 e. The van der Waals surface area contributed by atoms with E-state index in [1.807, 2.05) is 4.74 Å². The van der Waals surface area contributed by atoms with Crippen molar-refractivity contribution in [3.63, 3.8) is 0 Å². The number of fused-ring (bicyclic) bond motifs is 1. The molecular formula is C12H19N2OSi+. The van der Waals surface area contributed by atoms with Gasteiger partial charge < -0.3 is 9.43 Å². The van der Waals surface area contributed by atoms with Crippen LogP contribution >= 0.6 is 0 Å². The monoisotopic (exact) mass is 235 g/mol. The van der Waals surface area contributed by atoms with Gasteiger partial charge in [-0.05, 0) is 36.5 Å². The van der Waals surface area contributed by atoms with Gasteiger partial charge in [-0.1, -0.05) is 12.1 Å². The average molecular weight is 235 g/mol. The number of hydrogen-bond acceptors (Lipinski definition) is 2. The summed E-state index contributed by atoms with van der Waals surface area (Å²) < 4.78 is 7.93. The molecule has 0 aliphatic carbocycles. The van der Waals surface area contributed by atoms with Gasteiger partial charge in [0.2, 0.25) is 6.21 Å². The molecule has 0 saturated heterocycles. The molecule has 0 N–H and O–H groups in total. The van der Waals surface area contributed by atoms with Crippen LogP contribution in [0.3, 0.4) is 0 Å². The molecule has 0 unspecified atom stereocenters. The Labute approximate surface area is 98.1 Å². The first-order chi connectivity index (χ1) is 7.46. The fourth-order valence-electron chi connectivity index (χ4n) is 1.83. The van der Waals surface area contributed by atoms with Gasteiger partial charge in [0, 0.05) is 7.05 Å². The molecule has 3 nitrogen and oxygen atoms in total. The third-order valence-corrected chi connectivity index (χ3v) is 3.16. The van der Waals surface area contributed by atoms with Gasteiger partial charge in [0.15, 0.2) is 0 Å². The second-order valence-electron chi connectivity index (χ2n) is 5.15. The summed E-state index contributed by atoms with van der Waals surface area (Å²) in [6, 6.07) is 8.38. The van der Waals surface area contributed by atoms with E-state index in [4.69, 9.17) is 4.53 Å². The van der Waals surface area contributed by atoms with E-state index < -0.39 is 8.32 Å². The highest BCUT2D eigenvalue weighted by Gasteiger charge is 2.28. The zero-order valence-corrected chi connectivity index (χ0v) is 11.4. The van der Waals surface area contributed by atoms with Crippen LogP contribution in [0.4, 0.5) is 5.69 Å². The van der Waals surface area contributed by atoms with Crippen LogP contribution in [-0.2, 0) is 4.53 Å². The molecule has 0 spiro atoms. The van der Waals surface area contributed by atoms with Crippen molar-refractivity contribution in [3.8, 4) is 0 Å². The molecule has 1 aliphatic heterocycles. The molecule has 0 bridgehead atoms. The maximum absolute atomic E-state index is 5.98. The molecule has 1 aromatic rings. The predicted octanol–water partition coefficient (Wildman–Crippen LogP) is 2.29. The van der Waals surface area contributed by atoms with Crippen molar-refractivity contribution >= 4 is 20.2 Å². The summed E-state index contributed by atoms with van der Waals surface area (Å²) in [7, 11) is 0.562. The second kappa shape index (κ2) is 3.94. The lowest BCUT2D eigenvalue weighted by molar-refractivity contribution is -0.749. The smallest absolute Gasteiger partial charge is 0.336 e. The molecule has 4 heteroatoms. The van der Waals surface area contributed by atoms with Crippen molar-refractivity contribution in [1.29, 1.82) is 0 Å². The van der Waals surface area contributed by atoms with Crippen LogP contribution in [0.25, 0.3) is 0 Å². The Kier molecular flexibility index (Phi) is 2.76. The number of para-hydroxylation sites is 1. The molecule has 1 aliphatic rings. The summed E-state index contributed by atoms with van der Waals surface area (Å²) in [5.41, 5.74) is 2.48. The number of anilines is 1. The Balaban J connectivity index is 2.30. The molecule has 0 radical (unpaired) electrons. The van der Waals surface area contributed by atoms with Gasteiger partial charge >= 0.3 is 8.32 Å². The fraction of sp³-hybridized carbons (Fsp3) is 0.417. The van der Waals surface area contributed by atoms with Crippen LogP contribution in [-0.4, -0.2) is 33.0 Å². The molecule has 0 saturated carbocycles.